The number of hydrogen-bond acceptors (Lipinski definition) is 8. The van der Waals surface area contributed by atoms with Gasteiger partial charge in [-0.15, -0.1) is 11.3 Å². The first-order valence-electron chi connectivity index (χ1n) is 11.5. The van der Waals surface area contributed by atoms with E-state index in [2.05, 4.69) is 9.88 Å². The number of carbonyl (C=O) groups is 1. The lowest BCUT2D eigenvalue weighted by Crippen LogP contribution is -2.56. The number of aromatic nitrogens is 2. The van der Waals surface area contributed by atoms with Crippen LogP contribution in [0.5, 0.6) is 5.75 Å². The fraction of sp³-hybridized carbons (Fsp3) is 0.542. The van der Waals surface area contributed by atoms with Crippen molar-refractivity contribution in [2.24, 2.45) is 0 Å². The van der Waals surface area contributed by atoms with Crippen molar-refractivity contribution in [2.45, 2.75) is 71.2 Å². The lowest BCUT2D eigenvalue weighted by molar-refractivity contribution is 0.0120. The summed E-state index contributed by atoms with van der Waals surface area (Å²) in [5, 5.41) is 2.81. The van der Waals surface area contributed by atoms with Crippen LogP contribution in [-0.4, -0.2) is 57.8 Å². The SMILES string of the molecule is CC(C)Oc1cc(-c2nccs2)c2oc(N3CC4CCC(C3)N4C(=O)OC(C)(C)C)nc2c1. The second-order valence-electron chi connectivity index (χ2n) is 10.00. The fourth-order valence-electron chi connectivity index (χ4n) is 4.66. The number of oxazole rings is 1. The largest absolute Gasteiger partial charge is 0.491 e. The van der Waals surface area contributed by atoms with Crippen molar-refractivity contribution >= 4 is 34.5 Å². The van der Waals surface area contributed by atoms with Crippen LogP contribution in [0.1, 0.15) is 47.5 Å². The summed E-state index contributed by atoms with van der Waals surface area (Å²) < 4.78 is 17.9. The molecule has 2 bridgehead atoms. The molecule has 5 rings (SSSR count). The van der Waals surface area contributed by atoms with Crippen molar-refractivity contribution in [3.05, 3.63) is 23.7 Å². The number of anilines is 1. The van der Waals surface area contributed by atoms with E-state index >= 15 is 0 Å². The van der Waals surface area contributed by atoms with Gasteiger partial charge in [0.2, 0.25) is 0 Å². The molecule has 4 heterocycles. The summed E-state index contributed by atoms with van der Waals surface area (Å²) in [6.07, 6.45) is 3.52. The number of hydrogen-bond donors (Lipinski definition) is 0. The number of carbonyl (C=O) groups excluding carboxylic acids is 1. The van der Waals surface area contributed by atoms with E-state index in [4.69, 9.17) is 18.9 Å². The number of rotatable bonds is 4. The molecular weight excluding hydrogens is 440 g/mol. The van der Waals surface area contributed by atoms with Crippen LogP contribution in [0.3, 0.4) is 0 Å². The molecule has 2 aliphatic heterocycles. The van der Waals surface area contributed by atoms with Gasteiger partial charge in [0.15, 0.2) is 5.58 Å². The molecule has 0 saturated carbocycles. The van der Waals surface area contributed by atoms with Gasteiger partial charge in [-0.2, -0.15) is 4.98 Å². The van der Waals surface area contributed by atoms with Crippen molar-refractivity contribution in [2.75, 3.05) is 18.0 Å². The molecule has 1 aromatic carbocycles. The number of piperazine rings is 1. The van der Waals surface area contributed by atoms with Gasteiger partial charge in [-0.05, 0) is 53.5 Å². The van der Waals surface area contributed by atoms with Gasteiger partial charge in [0.1, 0.15) is 21.9 Å². The molecular formula is C24H30N4O4S. The van der Waals surface area contributed by atoms with Crippen LogP contribution in [0.4, 0.5) is 10.8 Å². The Labute approximate surface area is 197 Å². The lowest BCUT2D eigenvalue weighted by atomic mass is 10.2. The zero-order valence-corrected chi connectivity index (χ0v) is 20.5. The molecule has 2 fully saturated rings. The van der Waals surface area contributed by atoms with E-state index in [0.29, 0.717) is 24.7 Å². The monoisotopic (exact) mass is 470 g/mol. The Morgan fingerprint density at radius 3 is 2.55 bits per heavy atom. The Balaban J connectivity index is 1.44. The molecule has 2 aliphatic rings. The van der Waals surface area contributed by atoms with Crippen LogP contribution >= 0.6 is 11.3 Å². The Morgan fingerprint density at radius 2 is 1.94 bits per heavy atom. The second kappa shape index (κ2) is 8.20. The van der Waals surface area contributed by atoms with E-state index < -0.39 is 5.60 Å². The average Bonchev–Trinajstić information content (AvgIpc) is 3.43. The summed E-state index contributed by atoms with van der Waals surface area (Å²) in [5.74, 6) is 0.748. The van der Waals surface area contributed by atoms with Crippen LogP contribution in [-0.2, 0) is 4.74 Å². The smallest absolute Gasteiger partial charge is 0.410 e. The van der Waals surface area contributed by atoms with Crippen molar-refractivity contribution in [1.82, 2.24) is 14.9 Å². The molecule has 0 aliphatic carbocycles. The predicted molar refractivity (Wildman–Crippen MR) is 128 cm³/mol. The zero-order valence-electron chi connectivity index (χ0n) is 19.7. The second-order valence-corrected chi connectivity index (χ2v) is 10.9. The molecule has 2 saturated heterocycles. The summed E-state index contributed by atoms with van der Waals surface area (Å²) in [5.41, 5.74) is 1.83. The highest BCUT2D eigenvalue weighted by Crippen LogP contribution is 2.39. The summed E-state index contributed by atoms with van der Waals surface area (Å²) in [4.78, 5) is 26.2. The lowest BCUT2D eigenvalue weighted by Gasteiger charge is -2.40. The summed E-state index contributed by atoms with van der Waals surface area (Å²) in [6.45, 7) is 11.0. The number of ether oxygens (including phenoxy) is 2. The minimum atomic E-state index is -0.504. The molecule has 2 unspecified atom stereocenters. The Kier molecular flexibility index (Phi) is 5.47. The Hall–Kier alpha value is -2.81. The number of thiazole rings is 1. The van der Waals surface area contributed by atoms with E-state index in [1.807, 2.05) is 57.0 Å². The van der Waals surface area contributed by atoms with Crippen molar-refractivity contribution < 1.29 is 18.7 Å². The van der Waals surface area contributed by atoms with Gasteiger partial charge >= 0.3 is 6.09 Å². The Morgan fingerprint density at radius 1 is 1.21 bits per heavy atom. The third-order valence-corrected chi connectivity index (χ3v) is 6.65. The van der Waals surface area contributed by atoms with E-state index in [1.54, 1.807) is 17.5 Å². The molecule has 0 radical (unpaired) electrons. The molecule has 176 valence electrons. The number of fused-ring (bicyclic) bond motifs is 3. The topological polar surface area (TPSA) is 80.9 Å². The molecule has 1 amide bonds. The van der Waals surface area contributed by atoms with Crippen LogP contribution in [0.15, 0.2) is 28.1 Å². The summed E-state index contributed by atoms with van der Waals surface area (Å²) in [6, 6.07) is 4.65. The molecule has 2 aromatic heterocycles. The third kappa shape index (κ3) is 4.38. The summed E-state index contributed by atoms with van der Waals surface area (Å²) in [7, 11) is 0. The number of benzene rings is 1. The first-order chi connectivity index (χ1) is 15.7. The van der Waals surface area contributed by atoms with Gasteiger partial charge in [0.05, 0.1) is 23.8 Å². The minimum Gasteiger partial charge on any atom is -0.491 e. The molecule has 33 heavy (non-hydrogen) atoms. The van der Waals surface area contributed by atoms with E-state index in [1.165, 1.54) is 0 Å². The highest BCUT2D eigenvalue weighted by Gasteiger charge is 2.45. The van der Waals surface area contributed by atoms with Gasteiger partial charge in [0.25, 0.3) is 6.01 Å². The van der Waals surface area contributed by atoms with Crippen LogP contribution in [0.2, 0.25) is 0 Å². The number of nitrogens with zero attached hydrogens (tertiary/aromatic N) is 4. The predicted octanol–water partition coefficient (Wildman–Crippen LogP) is 5.33. The molecule has 0 N–H and O–H groups in total. The quantitative estimate of drug-likeness (QED) is 0.510. The molecule has 3 aromatic rings. The van der Waals surface area contributed by atoms with Crippen LogP contribution < -0.4 is 9.64 Å². The maximum atomic E-state index is 12.8. The highest BCUT2D eigenvalue weighted by atomic mass is 32.1. The summed E-state index contributed by atoms with van der Waals surface area (Å²) >= 11 is 1.56. The first kappa shape index (κ1) is 22.0. The van der Waals surface area contributed by atoms with Gasteiger partial charge in [-0.25, -0.2) is 9.78 Å². The van der Waals surface area contributed by atoms with Gasteiger partial charge in [-0.1, -0.05) is 0 Å². The van der Waals surface area contributed by atoms with Crippen molar-refractivity contribution in [3.8, 4) is 16.3 Å². The maximum Gasteiger partial charge on any atom is 0.410 e. The maximum absolute atomic E-state index is 12.8. The van der Waals surface area contributed by atoms with E-state index in [0.717, 1.165) is 34.7 Å². The van der Waals surface area contributed by atoms with Crippen molar-refractivity contribution in [3.63, 3.8) is 0 Å². The number of amides is 1. The third-order valence-electron chi connectivity index (χ3n) is 5.84. The fourth-order valence-corrected chi connectivity index (χ4v) is 5.31. The normalized spacial score (nSPS) is 20.7. The molecule has 9 heteroatoms. The van der Waals surface area contributed by atoms with Crippen molar-refractivity contribution in [1.29, 1.82) is 0 Å². The molecule has 0 spiro atoms. The van der Waals surface area contributed by atoms with Crippen LogP contribution in [0, 0.1) is 0 Å². The van der Waals surface area contributed by atoms with Gasteiger partial charge in [0, 0.05) is 30.7 Å². The Bertz CT molecular complexity index is 1140. The van der Waals surface area contributed by atoms with E-state index in [-0.39, 0.29) is 24.3 Å². The standard InChI is InChI=1S/C24H30N4O4S/c1-14(2)30-17-10-18(21-25-8-9-33-21)20-19(11-17)26-22(31-20)27-12-15-6-7-16(13-27)28(15)23(29)32-24(3,4)5/h8-11,14-16H,6-7,12-13H2,1-5H3. The zero-order chi connectivity index (χ0) is 23.3. The molecule has 2 atom stereocenters. The highest BCUT2D eigenvalue weighted by molar-refractivity contribution is 7.13. The minimum absolute atomic E-state index is 0.0505. The first-order valence-corrected chi connectivity index (χ1v) is 12.3. The molecule has 8 nitrogen and oxygen atoms in total. The van der Waals surface area contributed by atoms with E-state index in [9.17, 15) is 4.79 Å². The van der Waals surface area contributed by atoms with Gasteiger partial charge < -0.3 is 18.8 Å². The average molecular weight is 471 g/mol. The van der Waals surface area contributed by atoms with Gasteiger partial charge in [-0.3, -0.25) is 4.90 Å². The van der Waals surface area contributed by atoms with Crippen LogP contribution in [0.25, 0.3) is 21.7 Å².